The Bertz CT molecular complexity index is 112. The minimum atomic E-state index is 0.791. The van der Waals surface area contributed by atoms with Crippen molar-refractivity contribution in [2.75, 3.05) is 18.8 Å². The topological polar surface area (TPSA) is 38.4 Å². The summed E-state index contributed by atoms with van der Waals surface area (Å²) in [6.07, 6.45) is 2.19. The fourth-order valence-corrected chi connectivity index (χ4v) is 1.67. The summed E-state index contributed by atoms with van der Waals surface area (Å²) in [5.41, 5.74) is 5.34. The molecule has 0 radical (unpaired) electrons. The van der Waals surface area contributed by atoms with Crippen molar-refractivity contribution in [3.05, 3.63) is 0 Å². The average Bonchev–Trinajstić information content (AvgIpc) is 2.34. The Kier molecular flexibility index (Phi) is 3.08. The Morgan fingerprint density at radius 3 is 3.11 bits per heavy atom. The maximum Gasteiger partial charge on any atom is 0.0677 e. The number of hydrogen-bond acceptors (Lipinski definition) is 3. The molecule has 2 N–H and O–H groups in total. The minimum Gasteiger partial charge on any atom is -0.330 e. The Hall–Kier alpha value is -0.0200. The number of nitrogens with two attached hydrogens (primary N) is 1. The first-order valence-electron chi connectivity index (χ1n) is 3.29. The zero-order chi connectivity index (χ0) is 6.53. The van der Waals surface area contributed by atoms with E-state index in [1.807, 2.05) is 11.8 Å². The molecule has 0 fully saturated rings. The molecule has 0 aromatic carbocycles. The number of aliphatic imine (C=N–C) groups is 1. The first-order valence-corrected chi connectivity index (χ1v) is 4.28. The van der Waals surface area contributed by atoms with Crippen LogP contribution in [-0.2, 0) is 0 Å². The van der Waals surface area contributed by atoms with Crippen molar-refractivity contribution < 1.29 is 0 Å². The van der Waals surface area contributed by atoms with Crippen molar-refractivity contribution in [3.8, 4) is 0 Å². The number of hydrogen-bond donors (Lipinski definition) is 1. The smallest absolute Gasteiger partial charge is 0.0677 e. The first-order chi connectivity index (χ1) is 4.43. The molecule has 52 valence electrons. The standard InChI is InChI=1S/C6H12N2S/c7-3-1-2-6-8-4-5-9-6/h1-5,7H2. The molecule has 0 aromatic heterocycles. The van der Waals surface area contributed by atoms with E-state index in [4.69, 9.17) is 5.73 Å². The van der Waals surface area contributed by atoms with Crippen LogP contribution in [-0.4, -0.2) is 23.9 Å². The van der Waals surface area contributed by atoms with Crippen molar-refractivity contribution in [3.63, 3.8) is 0 Å². The van der Waals surface area contributed by atoms with Gasteiger partial charge in [-0.25, -0.2) is 0 Å². The van der Waals surface area contributed by atoms with Crippen molar-refractivity contribution >= 4 is 16.8 Å². The summed E-state index contributed by atoms with van der Waals surface area (Å²) in [6, 6.07) is 0. The van der Waals surface area contributed by atoms with Gasteiger partial charge in [0.25, 0.3) is 0 Å². The van der Waals surface area contributed by atoms with E-state index in [-0.39, 0.29) is 0 Å². The van der Waals surface area contributed by atoms with Crippen LogP contribution in [0.3, 0.4) is 0 Å². The van der Waals surface area contributed by atoms with Crippen molar-refractivity contribution in [2.24, 2.45) is 10.7 Å². The van der Waals surface area contributed by atoms with E-state index in [2.05, 4.69) is 4.99 Å². The third kappa shape index (κ3) is 2.37. The lowest BCUT2D eigenvalue weighted by atomic mass is 10.3. The Labute approximate surface area is 59.9 Å². The van der Waals surface area contributed by atoms with Crippen LogP contribution in [0.4, 0.5) is 0 Å². The van der Waals surface area contributed by atoms with Crippen molar-refractivity contribution in [2.45, 2.75) is 12.8 Å². The molecule has 3 heteroatoms. The van der Waals surface area contributed by atoms with E-state index in [0.29, 0.717) is 0 Å². The first kappa shape index (κ1) is 7.09. The molecule has 0 saturated carbocycles. The van der Waals surface area contributed by atoms with Gasteiger partial charge >= 0.3 is 0 Å². The molecule has 0 spiro atoms. The predicted molar refractivity (Wildman–Crippen MR) is 43.0 cm³/mol. The number of nitrogens with zero attached hydrogens (tertiary/aromatic N) is 1. The van der Waals surface area contributed by atoms with Gasteiger partial charge in [0.15, 0.2) is 0 Å². The largest absolute Gasteiger partial charge is 0.330 e. The molecule has 0 atom stereocenters. The van der Waals surface area contributed by atoms with Gasteiger partial charge < -0.3 is 5.73 Å². The molecule has 2 nitrogen and oxygen atoms in total. The molecule has 9 heavy (non-hydrogen) atoms. The van der Waals surface area contributed by atoms with Gasteiger partial charge in [0.1, 0.15) is 0 Å². The quantitative estimate of drug-likeness (QED) is 0.638. The predicted octanol–water partition coefficient (Wildman–Crippen LogP) is 0.871. The van der Waals surface area contributed by atoms with E-state index >= 15 is 0 Å². The highest BCUT2D eigenvalue weighted by atomic mass is 32.2. The molecule has 1 aliphatic heterocycles. The highest BCUT2D eigenvalue weighted by molar-refractivity contribution is 8.14. The van der Waals surface area contributed by atoms with E-state index in [1.54, 1.807) is 0 Å². The monoisotopic (exact) mass is 144 g/mol. The molecule has 0 aliphatic carbocycles. The number of rotatable bonds is 3. The van der Waals surface area contributed by atoms with E-state index in [1.165, 1.54) is 10.8 Å². The van der Waals surface area contributed by atoms with Gasteiger partial charge in [0, 0.05) is 12.3 Å². The lowest BCUT2D eigenvalue weighted by molar-refractivity contribution is 0.881. The summed E-state index contributed by atoms with van der Waals surface area (Å²) >= 11 is 1.88. The molecule has 0 unspecified atom stereocenters. The minimum absolute atomic E-state index is 0.791. The Morgan fingerprint density at radius 2 is 2.56 bits per heavy atom. The molecular formula is C6H12N2S. The van der Waals surface area contributed by atoms with Gasteiger partial charge in [0.05, 0.1) is 5.04 Å². The van der Waals surface area contributed by atoms with E-state index in [9.17, 15) is 0 Å². The SMILES string of the molecule is NCCCC1=NCCS1. The fourth-order valence-electron chi connectivity index (χ4n) is 0.784. The van der Waals surface area contributed by atoms with Gasteiger partial charge in [-0.2, -0.15) is 0 Å². The zero-order valence-electron chi connectivity index (χ0n) is 5.47. The molecule has 1 aliphatic rings. The molecular weight excluding hydrogens is 132 g/mol. The van der Waals surface area contributed by atoms with Crippen LogP contribution in [0.25, 0.3) is 0 Å². The summed E-state index contributed by atoms with van der Waals surface area (Å²) in [7, 11) is 0. The Morgan fingerprint density at radius 1 is 1.67 bits per heavy atom. The Balaban J connectivity index is 2.11. The third-order valence-corrected chi connectivity index (χ3v) is 2.30. The molecule has 1 rings (SSSR count). The van der Waals surface area contributed by atoms with Crippen LogP contribution >= 0.6 is 11.8 Å². The lowest BCUT2D eigenvalue weighted by Crippen LogP contribution is -2.00. The third-order valence-electron chi connectivity index (χ3n) is 1.24. The fraction of sp³-hybridized carbons (Fsp3) is 0.833. The molecule has 1 heterocycles. The van der Waals surface area contributed by atoms with Crippen LogP contribution in [0, 0.1) is 0 Å². The molecule has 0 bridgehead atoms. The van der Waals surface area contributed by atoms with Crippen LogP contribution in [0.15, 0.2) is 4.99 Å². The van der Waals surface area contributed by atoms with E-state index < -0.39 is 0 Å². The average molecular weight is 144 g/mol. The van der Waals surface area contributed by atoms with Gasteiger partial charge in [-0.15, -0.1) is 11.8 Å². The van der Waals surface area contributed by atoms with Gasteiger partial charge in [-0.1, -0.05) is 0 Å². The lowest BCUT2D eigenvalue weighted by Gasteiger charge is -1.94. The summed E-state index contributed by atoms with van der Waals surface area (Å²) in [5.74, 6) is 1.18. The van der Waals surface area contributed by atoms with E-state index in [0.717, 1.165) is 25.9 Å². The normalized spacial score (nSPS) is 18.1. The zero-order valence-corrected chi connectivity index (χ0v) is 6.28. The summed E-state index contributed by atoms with van der Waals surface area (Å²) in [6.45, 7) is 1.81. The number of thioether (sulfide) groups is 1. The second-order valence-electron chi connectivity index (χ2n) is 2.02. The van der Waals surface area contributed by atoms with Crippen molar-refractivity contribution in [1.82, 2.24) is 0 Å². The van der Waals surface area contributed by atoms with Crippen LogP contribution in [0.5, 0.6) is 0 Å². The maximum absolute atomic E-state index is 5.34. The van der Waals surface area contributed by atoms with Gasteiger partial charge in [-0.05, 0) is 19.4 Å². The van der Waals surface area contributed by atoms with Gasteiger partial charge in [0.2, 0.25) is 0 Å². The summed E-state index contributed by atoms with van der Waals surface area (Å²) in [5, 5.41) is 1.31. The molecule has 0 saturated heterocycles. The summed E-state index contributed by atoms with van der Waals surface area (Å²) < 4.78 is 0. The van der Waals surface area contributed by atoms with Crippen LogP contribution < -0.4 is 5.73 Å². The molecule has 0 amide bonds. The van der Waals surface area contributed by atoms with Crippen molar-refractivity contribution in [1.29, 1.82) is 0 Å². The second kappa shape index (κ2) is 3.90. The van der Waals surface area contributed by atoms with Crippen LogP contribution in [0.2, 0.25) is 0 Å². The second-order valence-corrected chi connectivity index (χ2v) is 3.18. The summed E-state index contributed by atoms with van der Waals surface area (Å²) in [4.78, 5) is 4.30. The highest BCUT2D eigenvalue weighted by Gasteiger charge is 2.04. The van der Waals surface area contributed by atoms with Crippen LogP contribution in [0.1, 0.15) is 12.8 Å². The van der Waals surface area contributed by atoms with Gasteiger partial charge in [-0.3, -0.25) is 4.99 Å². The molecule has 0 aromatic rings. The maximum atomic E-state index is 5.34. The highest BCUT2D eigenvalue weighted by Crippen LogP contribution is 2.14.